The molecule has 1 atom stereocenters. The predicted octanol–water partition coefficient (Wildman–Crippen LogP) is 2.95. The van der Waals surface area contributed by atoms with Gasteiger partial charge in [-0.3, -0.25) is 10.3 Å². The van der Waals surface area contributed by atoms with E-state index in [-0.39, 0.29) is 0 Å². The van der Waals surface area contributed by atoms with E-state index in [2.05, 4.69) is 36.4 Å². The van der Waals surface area contributed by atoms with Gasteiger partial charge in [-0.2, -0.15) is 0 Å². The van der Waals surface area contributed by atoms with Crippen molar-refractivity contribution in [3.63, 3.8) is 0 Å². The maximum atomic E-state index is 5.19. The normalized spacial score (nSPS) is 19.6. The van der Waals surface area contributed by atoms with Crippen molar-refractivity contribution in [2.45, 2.75) is 26.2 Å². The smallest absolute Gasteiger partial charge is 0.0746 e. The summed E-state index contributed by atoms with van der Waals surface area (Å²) in [4.78, 5) is 5.19. The Labute approximate surface area is 86.3 Å². The van der Waals surface area contributed by atoms with Crippen molar-refractivity contribution in [3.8, 4) is 0 Å². The van der Waals surface area contributed by atoms with Crippen molar-refractivity contribution in [2.24, 2.45) is 5.92 Å². The van der Waals surface area contributed by atoms with Gasteiger partial charge in [-0.1, -0.05) is 30.9 Å². The highest BCUT2D eigenvalue weighted by molar-refractivity contribution is 5.10. The molecule has 2 nitrogen and oxygen atoms in total. The van der Waals surface area contributed by atoms with E-state index >= 15 is 0 Å². The van der Waals surface area contributed by atoms with E-state index in [4.69, 9.17) is 4.84 Å². The van der Waals surface area contributed by atoms with Crippen LogP contribution in [0.25, 0.3) is 0 Å². The molecule has 0 heterocycles. The van der Waals surface area contributed by atoms with E-state index in [1.165, 1.54) is 12.8 Å². The molecule has 1 rings (SSSR count). The van der Waals surface area contributed by atoms with E-state index < -0.39 is 0 Å². The maximum absolute atomic E-state index is 5.19. The van der Waals surface area contributed by atoms with Crippen molar-refractivity contribution in [2.75, 3.05) is 6.61 Å². The fourth-order valence-electron chi connectivity index (χ4n) is 1.44. The molecule has 1 aliphatic rings. The van der Waals surface area contributed by atoms with Gasteiger partial charge in [0.2, 0.25) is 0 Å². The number of hydrogen-bond donors (Lipinski definition) is 1. The summed E-state index contributed by atoms with van der Waals surface area (Å²) >= 11 is 0. The van der Waals surface area contributed by atoms with Crippen LogP contribution in [0.3, 0.4) is 0 Å². The Morgan fingerprint density at radius 3 is 3.07 bits per heavy atom. The molecular formula is C12H19NO. The molecule has 0 aromatic carbocycles. The van der Waals surface area contributed by atoms with Gasteiger partial charge in [-0.05, 0) is 32.1 Å². The van der Waals surface area contributed by atoms with Gasteiger partial charge in [0.1, 0.15) is 0 Å². The molecule has 1 unspecified atom stereocenters. The van der Waals surface area contributed by atoms with Crippen LogP contribution in [0.1, 0.15) is 26.2 Å². The fourth-order valence-corrected chi connectivity index (χ4v) is 1.44. The Bertz CT molecular complexity index is 230. The van der Waals surface area contributed by atoms with Crippen molar-refractivity contribution in [1.29, 1.82) is 0 Å². The van der Waals surface area contributed by atoms with Gasteiger partial charge < -0.3 is 0 Å². The van der Waals surface area contributed by atoms with Gasteiger partial charge in [0.15, 0.2) is 0 Å². The molecule has 0 amide bonds. The number of rotatable bonds is 6. The lowest BCUT2D eigenvalue weighted by Gasteiger charge is -2.12. The van der Waals surface area contributed by atoms with Crippen LogP contribution in [-0.4, -0.2) is 6.61 Å². The highest BCUT2D eigenvalue weighted by Gasteiger charge is 2.04. The predicted molar refractivity (Wildman–Crippen MR) is 59.5 cm³/mol. The molecule has 1 N–H and O–H groups in total. The zero-order valence-corrected chi connectivity index (χ0v) is 8.83. The first-order chi connectivity index (χ1) is 6.79. The third-order valence-electron chi connectivity index (χ3n) is 2.14. The Balaban J connectivity index is 1.96. The molecule has 14 heavy (non-hydrogen) atoms. The quantitative estimate of drug-likeness (QED) is 0.517. The van der Waals surface area contributed by atoms with Crippen LogP contribution in [0.5, 0.6) is 0 Å². The molecule has 0 aromatic heterocycles. The second kappa shape index (κ2) is 6.44. The first-order valence-electron chi connectivity index (χ1n) is 5.15. The summed E-state index contributed by atoms with van der Waals surface area (Å²) in [7, 11) is 0. The molecule has 2 heteroatoms. The van der Waals surface area contributed by atoms with E-state index in [9.17, 15) is 0 Å². The minimum atomic E-state index is 0.702. The number of hydroxylamine groups is 1. The second-order valence-corrected chi connectivity index (χ2v) is 3.68. The lowest BCUT2D eigenvalue weighted by molar-refractivity contribution is 0.0591. The van der Waals surface area contributed by atoms with Gasteiger partial charge in [0.05, 0.1) is 6.61 Å². The van der Waals surface area contributed by atoms with Gasteiger partial charge >= 0.3 is 0 Å². The number of hydrogen-bond acceptors (Lipinski definition) is 2. The summed E-state index contributed by atoms with van der Waals surface area (Å²) in [5.41, 5.74) is 3.61. The monoisotopic (exact) mass is 193 g/mol. The van der Waals surface area contributed by atoms with Crippen LogP contribution in [-0.2, 0) is 4.84 Å². The summed E-state index contributed by atoms with van der Waals surface area (Å²) in [5.74, 6) is 0.702. The average molecular weight is 193 g/mol. The van der Waals surface area contributed by atoms with E-state index in [0.29, 0.717) is 5.92 Å². The Hall–Kier alpha value is -1.02. The lowest BCUT2D eigenvalue weighted by atomic mass is 9.96. The first kappa shape index (κ1) is 11.1. The molecule has 0 saturated carbocycles. The molecule has 0 radical (unpaired) electrons. The molecule has 0 bridgehead atoms. The first-order valence-corrected chi connectivity index (χ1v) is 5.15. The van der Waals surface area contributed by atoms with Crippen LogP contribution >= 0.6 is 0 Å². The summed E-state index contributed by atoms with van der Waals surface area (Å²) in [5, 5.41) is 0. The van der Waals surface area contributed by atoms with Crippen molar-refractivity contribution in [1.82, 2.24) is 5.48 Å². The number of nitrogens with one attached hydrogen (secondary N) is 1. The van der Waals surface area contributed by atoms with Gasteiger partial charge in [-0.25, -0.2) is 0 Å². The van der Waals surface area contributed by atoms with Gasteiger partial charge in [0.25, 0.3) is 0 Å². The summed E-state index contributed by atoms with van der Waals surface area (Å²) < 4.78 is 0. The van der Waals surface area contributed by atoms with Gasteiger partial charge in [0, 0.05) is 5.70 Å². The fraction of sp³-hybridized carbons (Fsp3) is 0.500. The SMILES string of the molecule is C=C(C)NOCCCC1C=CC=CC1. The molecule has 0 spiro atoms. The van der Waals surface area contributed by atoms with Crippen LogP contribution in [0.2, 0.25) is 0 Å². The molecule has 0 fully saturated rings. The van der Waals surface area contributed by atoms with Crippen LogP contribution < -0.4 is 5.48 Å². The minimum absolute atomic E-state index is 0.702. The van der Waals surface area contributed by atoms with E-state index in [0.717, 1.165) is 18.7 Å². The molecule has 0 aromatic rings. The standard InChI is InChI=1S/C12H19NO/c1-11(2)13-14-10-6-9-12-7-4-3-5-8-12/h3-5,7,12-13H,1,6,8-10H2,2H3. The van der Waals surface area contributed by atoms with Crippen molar-refractivity contribution < 1.29 is 4.84 Å². The highest BCUT2D eigenvalue weighted by atomic mass is 16.6. The molecule has 1 aliphatic carbocycles. The van der Waals surface area contributed by atoms with Crippen LogP contribution in [0, 0.1) is 5.92 Å². The Kier molecular flexibility index (Phi) is 5.08. The van der Waals surface area contributed by atoms with Crippen LogP contribution in [0.4, 0.5) is 0 Å². The van der Waals surface area contributed by atoms with E-state index in [1.54, 1.807) is 0 Å². The zero-order chi connectivity index (χ0) is 10.2. The highest BCUT2D eigenvalue weighted by Crippen LogP contribution is 2.16. The van der Waals surface area contributed by atoms with Crippen LogP contribution in [0.15, 0.2) is 36.6 Å². The Morgan fingerprint density at radius 1 is 1.57 bits per heavy atom. The van der Waals surface area contributed by atoms with Gasteiger partial charge in [-0.15, -0.1) is 0 Å². The van der Waals surface area contributed by atoms with E-state index in [1.807, 2.05) is 6.92 Å². The maximum Gasteiger partial charge on any atom is 0.0746 e. The molecule has 78 valence electrons. The van der Waals surface area contributed by atoms with Crippen molar-refractivity contribution >= 4 is 0 Å². The third kappa shape index (κ3) is 4.87. The summed E-state index contributed by atoms with van der Waals surface area (Å²) in [6.07, 6.45) is 12.2. The molecule has 0 aliphatic heterocycles. The topological polar surface area (TPSA) is 21.3 Å². The second-order valence-electron chi connectivity index (χ2n) is 3.68. The van der Waals surface area contributed by atoms with Crippen molar-refractivity contribution in [3.05, 3.63) is 36.6 Å². The average Bonchev–Trinajstić information content (AvgIpc) is 2.18. The number of allylic oxidation sites excluding steroid dienone is 5. The molecule has 0 saturated heterocycles. The third-order valence-corrected chi connectivity index (χ3v) is 2.14. The molecular weight excluding hydrogens is 174 g/mol. The lowest BCUT2D eigenvalue weighted by Crippen LogP contribution is -2.12. The largest absolute Gasteiger partial charge is 0.276 e. The zero-order valence-electron chi connectivity index (χ0n) is 8.83. The summed E-state index contributed by atoms with van der Waals surface area (Å²) in [6, 6.07) is 0. The minimum Gasteiger partial charge on any atom is -0.276 e. The Morgan fingerprint density at radius 2 is 2.43 bits per heavy atom. The summed E-state index contributed by atoms with van der Waals surface area (Å²) in [6.45, 7) is 6.32.